The van der Waals surface area contributed by atoms with Gasteiger partial charge in [-0.1, -0.05) is 6.07 Å². The highest BCUT2D eigenvalue weighted by Gasteiger charge is 2.13. The Morgan fingerprint density at radius 1 is 1.50 bits per heavy atom. The Hall–Kier alpha value is -1.40. The summed E-state index contributed by atoms with van der Waals surface area (Å²) in [6.45, 7) is 0.386. The molecule has 0 fully saturated rings. The number of aromatic carboxylic acids is 1. The third-order valence-corrected chi connectivity index (χ3v) is 4.00. The fourth-order valence-electron chi connectivity index (χ4n) is 1.50. The van der Waals surface area contributed by atoms with Crippen LogP contribution in [-0.4, -0.2) is 11.1 Å². The molecule has 0 spiro atoms. The minimum atomic E-state index is -1.15. The molecule has 0 atom stereocenters. The number of nitrogens with one attached hydrogen (secondary N) is 1. The number of hydrogen-bond donors (Lipinski definition) is 2. The molecule has 2 aromatic rings. The molecule has 3 nitrogen and oxygen atoms in total. The molecule has 0 amide bonds. The second kappa shape index (κ2) is 5.49. The van der Waals surface area contributed by atoms with Crippen LogP contribution in [0.2, 0.25) is 0 Å². The molecular weight excluding hydrogens is 321 g/mol. The van der Waals surface area contributed by atoms with Crippen molar-refractivity contribution in [3.63, 3.8) is 0 Å². The Balaban J connectivity index is 2.20. The molecule has 0 saturated heterocycles. The third kappa shape index (κ3) is 2.88. The predicted octanol–water partition coefficient (Wildman–Crippen LogP) is 3.96. The van der Waals surface area contributed by atoms with Gasteiger partial charge >= 0.3 is 5.97 Å². The van der Waals surface area contributed by atoms with Crippen molar-refractivity contribution in [2.24, 2.45) is 0 Å². The van der Waals surface area contributed by atoms with Crippen LogP contribution in [0.25, 0.3) is 0 Å². The molecule has 0 bridgehead atoms. The Labute approximate surface area is 115 Å². The number of carboxylic acids is 1. The number of halogens is 2. The van der Waals surface area contributed by atoms with E-state index in [-0.39, 0.29) is 11.3 Å². The van der Waals surface area contributed by atoms with E-state index in [1.807, 2.05) is 11.4 Å². The van der Waals surface area contributed by atoms with E-state index >= 15 is 0 Å². The maximum Gasteiger partial charge on any atom is 0.337 e. The molecular formula is C12H9BrFNO2S. The van der Waals surface area contributed by atoms with E-state index in [0.29, 0.717) is 6.54 Å². The molecule has 0 aliphatic rings. The Bertz CT molecular complexity index is 585. The summed E-state index contributed by atoms with van der Waals surface area (Å²) >= 11 is 4.83. The van der Waals surface area contributed by atoms with Crippen molar-refractivity contribution in [3.05, 3.63) is 50.4 Å². The Morgan fingerprint density at radius 2 is 2.28 bits per heavy atom. The summed E-state index contributed by atoms with van der Waals surface area (Å²) in [5, 5.41) is 13.7. The number of para-hydroxylation sites is 1. The number of thiophene rings is 1. The Kier molecular flexibility index (Phi) is 3.98. The molecule has 2 N–H and O–H groups in total. The largest absolute Gasteiger partial charge is 0.478 e. The van der Waals surface area contributed by atoms with E-state index in [0.717, 1.165) is 9.35 Å². The molecule has 94 valence electrons. The number of carbonyl (C=O) groups is 1. The zero-order chi connectivity index (χ0) is 13.1. The molecule has 1 heterocycles. The van der Waals surface area contributed by atoms with Gasteiger partial charge in [-0.15, -0.1) is 11.3 Å². The van der Waals surface area contributed by atoms with E-state index in [9.17, 15) is 9.18 Å². The number of hydrogen-bond acceptors (Lipinski definition) is 3. The van der Waals surface area contributed by atoms with E-state index in [1.165, 1.54) is 29.5 Å². The van der Waals surface area contributed by atoms with E-state index < -0.39 is 11.8 Å². The summed E-state index contributed by atoms with van der Waals surface area (Å²) in [6.07, 6.45) is 0. The minimum absolute atomic E-state index is 0.0227. The van der Waals surface area contributed by atoms with Crippen LogP contribution in [0.1, 0.15) is 15.2 Å². The SMILES string of the molecule is O=C(O)c1cccc(F)c1NCc1cc(Br)cs1. The van der Waals surface area contributed by atoms with E-state index in [2.05, 4.69) is 21.2 Å². The van der Waals surface area contributed by atoms with Crippen molar-refractivity contribution in [2.75, 3.05) is 5.32 Å². The van der Waals surface area contributed by atoms with Crippen LogP contribution in [0.5, 0.6) is 0 Å². The summed E-state index contributed by atoms with van der Waals surface area (Å²) in [4.78, 5) is 12.0. The normalized spacial score (nSPS) is 10.3. The number of anilines is 1. The number of carboxylic acid groups (broad SMARTS) is 1. The van der Waals surface area contributed by atoms with Crippen molar-refractivity contribution in [2.45, 2.75) is 6.54 Å². The maximum atomic E-state index is 13.6. The lowest BCUT2D eigenvalue weighted by atomic mass is 10.1. The van der Waals surface area contributed by atoms with Crippen LogP contribution in [-0.2, 0) is 6.54 Å². The molecule has 0 saturated carbocycles. The lowest BCUT2D eigenvalue weighted by Gasteiger charge is -2.09. The van der Waals surface area contributed by atoms with Gasteiger partial charge in [0.05, 0.1) is 11.3 Å². The zero-order valence-electron chi connectivity index (χ0n) is 9.11. The maximum absolute atomic E-state index is 13.6. The molecule has 0 aliphatic heterocycles. The molecule has 18 heavy (non-hydrogen) atoms. The van der Waals surface area contributed by atoms with Crippen LogP contribution < -0.4 is 5.32 Å². The Morgan fingerprint density at radius 3 is 2.89 bits per heavy atom. The van der Waals surface area contributed by atoms with Gasteiger partial charge in [0.2, 0.25) is 0 Å². The first-order valence-electron chi connectivity index (χ1n) is 5.06. The zero-order valence-corrected chi connectivity index (χ0v) is 11.5. The van der Waals surface area contributed by atoms with Crippen LogP contribution in [0.15, 0.2) is 34.1 Å². The van der Waals surface area contributed by atoms with E-state index in [1.54, 1.807) is 0 Å². The van der Waals surface area contributed by atoms with Gasteiger partial charge in [-0.3, -0.25) is 0 Å². The molecule has 1 aromatic heterocycles. The average molecular weight is 330 g/mol. The molecule has 0 unspecified atom stereocenters. The summed E-state index contributed by atoms with van der Waals surface area (Å²) in [7, 11) is 0. The first-order chi connectivity index (χ1) is 8.58. The quantitative estimate of drug-likeness (QED) is 0.892. The highest BCUT2D eigenvalue weighted by molar-refractivity contribution is 9.10. The summed E-state index contributed by atoms with van der Waals surface area (Å²) in [5.74, 6) is -1.71. The topological polar surface area (TPSA) is 49.3 Å². The fourth-order valence-corrected chi connectivity index (χ4v) is 2.89. The minimum Gasteiger partial charge on any atom is -0.478 e. The molecule has 0 aliphatic carbocycles. The van der Waals surface area contributed by atoms with Crippen molar-refractivity contribution in [1.29, 1.82) is 0 Å². The van der Waals surface area contributed by atoms with Crippen LogP contribution in [0.4, 0.5) is 10.1 Å². The van der Waals surface area contributed by atoms with E-state index in [4.69, 9.17) is 5.11 Å². The van der Waals surface area contributed by atoms with Crippen molar-refractivity contribution < 1.29 is 14.3 Å². The summed E-state index contributed by atoms with van der Waals surface area (Å²) in [6, 6.07) is 5.89. The van der Waals surface area contributed by atoms with Gasteiger partial charge in [0.15, 0.2) is 0 Å². The van der Waals surface area contributed by atoms with Gasteiger partial charge in [-0.05, 0) is 34.1 Å². The van der Waals surface area contributed by atoms with Crippen molar-refractivity contribution in [1.82, 2.24) is 0 Å². The molecule has 2 rings (SSSR count). The third-order valence-electron chi connectivity index (χ3n) is 2.31. The van der Waals surface area contributed by atoms with Crippen molar-refractivity contribution in [3.8, 4) is 0 Å². The summed E-state index contributed by atoms with van der Waals surface area (Å²) < 4.78 is 14.5. The van der Waals surface area contributed by atoms with Gasteiger partial charge in [0.25, 0.3) is 0 Å². The molecule has 0 radical (unpaired) electrons. The average Bonchev–Trinajstić information content (AvgIpc) is 2.73. The molecule has 6 heteroatoms. The standard InChI is InChI=1S/C12H9BrFNO2S/c13-7-4-8(18-6-7)5-15-11-9(12(16)17)2-1-3-10(11)14/h1-4,6,15H,5H2,(H,16,17). The van der Waals surface area contributed by atoms with Crippen LogP contribution >= 0.6 is 27.3 Å². The lowest BCUT2D eigenvalue weighted by Crippen LogP contribution is -2.07. The fraction of sp³-hybridized carbons (Fsp3) is 0.0833. The first-order valence-corrected chi connectivity index (χ1v) is 6.74. The van der Waals surface area contributed by atoms with Gasteiger partial charge in [0.1, 0.15) is 5.82 Å². The first kappa shape index (κ1) is 13.0. The number of rotatable bonds is 4. The van der Waals surface area contributed by atoms with Gasteiger partial charge in [0, 0.05) is 21.3 Å². The van der Waals surface area contributed by atoms with Crippen LogP contribution in [0.3, 0.4) is 0 Å². The summed E-state index contributed by atoms with van der Waals surface area (Å²) in [5.41, 5.74) is -0.0415. The predicted molar refractivity (Wildman–Crippen MR) is 72.7 cm³/mol. The van der Waals surface area contributed by atoms with Gasteiger partial charge in [-0.25, -0.2) is 9.18 Å². The van der Waals surface area contributed by atoms with Crippen molar-refractivity contribution >= 4 is 38.9 Å². The van der Waals surface area contributed by atoms with Gasteiger partial charge in [-0.2, -0.15) is 0 Å². The molecule has 1 aromatic carbocycles. The van der Waals surface area contributed by atoms with Gasteiger partial charge < -0.3 is 10.4 Å². The number of benzene rings is 1. The second-order valence-corrected chi connectivity index (χ2v) is 5.46. The highest BCUT2D eigenvalue weighted by atomic mass is 79.9. The monoisotopic (exact) mass is 329 g/mol. The lowest BCUT2D eigenvalue weighted by molar-refractivity contribution is 0.0697. The van der Waals surface area contributed by atoms with Crippen LogP contribution in [0, 0.1) is 5.82 Å². The highest BCUT2D eigenvalue weighted by Crippen LogP contribution is 2.24. The smallest absolute Gasteiger partial charge is 0.337 e. The second-order valence-electron chi connectivity index (χ2n) is 3.55.